The lowest BCUT2D eigenvalue weighted by Gasteiger charge is -2.07. The second-order valence-corrected chi connectivity index (χ2v) is 2.50. The number of hydrogen-bond acceptors (Lipinski definition) is 2. The molecule has 0 saturated carbocycles. The molecule has 11 heavy (non-hydrogen) atoms. The minimum absolute atomic E-state index is 0.0472. The van der Waals surface area contributed by atoms with E-state index in [1.807, 2.05) is 13.0 Å². The van der Waals surface area contributed by atoms with E-state index in [0.29, 0.717) is 0 Å². The number of rotatable bonds is 2. The molecule has 0 saturated heterocycles. The van der Waals surface area contributed by atoms with E-state index >= 15 is 0 Å². The lowest BCUT2D eigenvalue weighted by Crippen LogP contribution is -2.06. The fourth-order valence-corrected chi connectivity index (χ4v) is 1.00. The minimum atomic E-state index is 0.0472. The highest BCUT2D eigenvalue weighted by atomic mass is 14.6. The molecular formula is C9H12N2. The van der Waals surface area contributed by atoms with Crippen LogP contribution in [-0.2, 0) is 0 Å². The summed E-state index contributed by atoms with van der Waals surface area (Å²) in [4.78, 5) is 3.97. The van der Waals surface area contributed by atoms with Crippen molar-refractivity contribution in [2.45, 2.75) is 13.0 Å². The van der Waals surface area contributed by atoms with Crippen molar-refractivity contribution in [3.8, 4) is 0 Å². The largest absolute Gasteiger partial charge is 0.324 e. The van der Waals surface area contributed by atoms with E-state index < -0.39 is 0 Å². The van der Waals surface area contributed by atoms with E-state index in [0.717, 1.165) is 11.1 Å². The normalized spacial score (nSPS) is 12.5. The first-order valence-electron chi connectivity index (χ1n) is 3.57. The van der Waals surface area contributed by atoms with Crippen LogP contribution in [-0.4, -0.2) is 4.98 Å². The molecule has 0 aliphatic rings. The Morgan fingerprint density at radius 3 is 2.91 bits per heavy atom. The molecular weight excluding hydrogens is 136 g/mol. The Labute approximate surface area is 66.8 Å². The molecule has 0 fully saturated rings. The summed E-state index contributed by atoms with van der Waals surface area (Å²) in [6, 6.07) is 1.97. The van der Waals surface area contributed by atoms with Gasteiger partial charge in [0.15, 0.2) is 0 Å². The standard InChI is InChI=1S/C9H12N2/c1-3-8-6-11-5-4-9(8)7(2)10/h3-7H,1,10H2,2H3/t7-/m1/s1. The van der Waals surface area contributed by atoms with Crippen LogP contribution in [0.2, 0.25) is 0 Å². The molecule has 0 aromatic carbocycles. The lowest BCUT2D eigenvalue weighted by atomic mass is 10.1. The van der Waals surface area contributed by atoms with Gasteiger partial charge in [0.25, 0.3) is 0 Å². The SMILES string of the molecule is C=Cc1cnccc1[C@@H](C)N. The number of nitrogens with two attached hydrogens (primary N) is 1. The maximum absolute atomic E-state index is 5.71. The van der Waals surface area contributed by atoms with Gasteiger partial charge in [-0.1, -0.05) is 12.7 Å². The van der Waals surface area contributed by atoms with Crippen LogP contribution < -0.4 is 5.73 Å². The summed E-state index contributed by atoms with van der Waals surface area (Å²) in [5.41, 5.74) is 7.82. The molecule has 2 heteroatoms. The summed E-state index contributed by atoms with van der Waals surface area (Å²) in [5.74, 6) is 0. The molecule has 0 amide bonds. The average Bonchev–Trinajstić information content (AvgIpc) is 2.04. The Kier molecular flexibility index (Phi) is 2.39. The third-order valence-electron chi connectivity index (χ3n) is 1.60. The van der Waals surface area contributed by atoms with E-state index in [4.69, 9.17) is 5.73 Å². The number of aromatic nitrogens is 1. The van der Waals surface area contributed by atoms with Crippen molar-refractivity contribution in [3.05, 3.63) is 36.2 Å². The van der Waals surface area contributed by atoms with Gasteiger partial charge in [-0.05, 0) is 24.1 Å². The fraction of sp³-hybridized carbons (Fsp3) is 0.222. The summed E-state index contributed by atoms with van der Waals surface area (Å²) in [6.07, 6.45) is 5.28. The highest BCUT2D eigenvalue weighted by molar-refractivity contribution is 5.50. The molecule has 1 heterocycles. The zero-order valence-corrected chi connectivity index (χ0v) is 6.62. The predicted molar refractivity (Wildman–Crippen MR) is 46.9 cm³/mol. The third kappa shape index (κ3) is 1.65. The monoisotopic (exact) mass is 148 g/mol. The van der Waals surface area contributed by atoms with Crippen LogP contribution in [0.5, 0.6) is 0 Å². The quantitative estimate of drug-likeness (QED) is 0.693. The van der Waals surface area contributed by atoms with Crippen molar-refractivity contribution in [1.29, 1.82) is 0 Å². The van der Waals surface area contributed by atoms with Crippen LogP contribution in [0.15, 0.2) is 25.0 Å². The number of hydrogen-bond donors (Lipinski definition) is 1. The molecule has 1 rings (SSSR count). The second kappa shape index (κ2) is 3.30. The molecule has 0 radical (unpaired) electrons. The van der Waals surface area contributed by atoms with Crippen LogP contribution >= 0.6 is 0 Å². The molecule has 58 valence electrons. The van der Waals surface area contributed by atoms with Crippen molar-refractivity contribution in [3.63, 3.8) is 0 Å². The maximum Gasteiger partial charge on any atom is 0.0343 e. The van der Waals surface area contributed by atoms with Gasteiger partial charge in [0.05, 0.1) is 0 Å². The minimum Gasteiger partial charge on any atom is -0.324 e. The predicted octanol–water partition coefficient (Wildman–Crippen LogP) is 1.74. The van der Waals surface area contributed by atoms with Gasteiger partial charge in [0, 0.05) is 18.4 Å². The first-order valence-corrected chi connectivity index (χ1v) is 3.57. The van der Waals surface area contributed by atoms with Gasteiger partial charge in [0.1, 0.15) is 0 Å². The molecule has 1 aromatic heterocycles. The molecule has 2 nitrogen and oxygen atoms in total. The second-order valence-electron chi connectivity index (χ2n) is 2.50. The van der Waals surface area contributed by atoms with E-state index in [9.17, 15) is 0 Å². The van der Waals surface area contributed by atoms with Crippen molar-refractivity contribution in [2.75, 3.05) is 0 Å². The maximum atomic E-state index is 5.71. The van der Waals surface area contributed by atoms with Crippen LogP contribution in [0.3, 0.4) is 0 Å². The zero-order chi connectivity index (χ0) is 8.27. The van der Waals surface area contributed by atoms with Gasteiger partial charge in [-0.3, -0.25) is 4.98 Å². The molecule has 0 bridgehead atoms. The fourth-order valence-electron chi connectivity index (χ4n) is 1.00. The molecule has 1 aromatic rings. The van der Waals surface area contributed by atoms with Crippen molar-refractivity contribution in [2.24, 2.45) is 5.73 Å². The summed E-state index contributed by atoms with van der Waals surface area (Å²) >= 11 is 0. The number of nitrogens with zero attached hydrogens (tertiary/aromatic N) is 1. The summed E-state index contributed by atoms with van der Waals surface area (Å²) in [5, 5.41) is 0. The van der Waals surface area contributed by atoms with E-state index in [2.05, 4.69) is 11.6 Å². The molecule has 0 spiro atoms. The Balaban J connectivity index is 3.12. The van der Waals surface area contributed by atoms with Gasteiger partial charge in [0.2, 0.25) is 0 Å². The van der Waals surface area contributed by atoms with Crippen LogP contribution in [0.25, 0.3) is 6.08 Å². The van der Waals surface area contributed by atoms with Gasteiger partial charge in [-0.15, -0.1) is 0 Å². The summed E-state index contributed by atoms with van der Waals surface area (Å²) < 4.78 is 0. The Morgan fingerprint density at radius 2 is 2.45 bits per heavy atom. The first-order chi connectivity index (χ1) is 5.25. The molecule has 1 atom stereocenters. The Morgan fingerprint density at radius 1 is 1.73 bits per heavy atom. The van der Waals surface area contributed by atoms with Gasteiger partial charge in [-0.25, -0.2) is 0 Å². The first kappa shape index (κ1) is 7.95. The number of pyridine rings is 1. The van der Waals surface area contributed by atoms with Crippen LogP contribution in [0.1, 0.15) is 24.1 Å². The van der Waals surface area contributed by atoms with Crippen molar-refractivity contribution in [1.82, 2.24) is 4.98 Å². The Hall–Kier alpha value is -1.15. The van der Waals surface area contributed by atoms with E-state index in [1.165, 1.54) is 0 Å². The smallest absolute Gasteiger partial charge is 0.0343 e. The van der Waals surface area contributed by atoms with Crippen molar-refractivity contribution < 1.29 is 0 Å². The summed E-state index contributed by atoms with van der Waals surface area (Å²) in [6.45, 7) is 5.63. The molecule has 0 aliphatic carbocycles. The molecule has 2 N–H and O–H groups in total. The summed E-state index contributed by atoms with van der Waals surface area (Å²) in [7, 11) is 0. The third-order valence-corrected chi connectivity index (χ3v) is 1.60. The topological polar surface area (TPSA) is 38.9 Å². The van der Waals surface area contributed by atoms with E-state index in [1.54, 1.807) is 18.5 Å². The highest BCUT2D eigenvalue weighted by Crippen LogP contribution is 2.14. The Bertz CT molecular complexity index is 253. The average molecular weight is 148 g/mol. The van der Waals surface area contributed by atoms with Crippen LogP contribution in [0.4, 0.5) is 0 Å². The van der Waals surface area contributed by atoms with Gasteiger partial charge >= 0.3 is 0 Å². The highest BCUT2D eigenvalue weighted by Gasteiger charge is 2.02. The van der Waals surface area contributed by atoms with Gasteiger partial charge in [-0.2, -0.15) is 0 Å². The molecule has 0 aliphatic heterocycles. The van der Waals surface area contributed by atoms with E-state index in [-0.39, 0.29) is 6.04 Å². The van der Waals surface area contributed by atoms with Crippen molar-refractivity contribution >= 4 is 6.08 Å². The lowest BCUT2D eigenvalue weighted by molar-refractivity contribution is 0.813. The zero-order valence-electron chi connectivity index (χ0n) is 6.62. The van der Waals surface area contributed by atoms with Crippen LogP contribution in [0, 0.1) is 0 Å². The van der Waals surface area contributed by atoms with Gasteiger partial charge < -0.3 is 5.73 Å². The molecule has 0 unspecified atom stereocenters.